The van der Waals surface area contributed by atoms with Gasteiger partial charge in [-0.15, -0.1) is 0 Å². The monoisotopic (exact) mass is 292 g/mol. The fourth-order valence-electron chi connectivity index (χ4n) is 2.27. The van der Waals surface area contributed by atoms with E-state index in [2.05, 4.69) is 15.4 Å². The number of hydrogen-bond acceptors (Lipinski definition) is 4. The molecule has 0 aliphatic carbocycles. The molecule has 6 heteroatoms. The molecule has 0 bridgehead atoms. The Labute approximate surface area is 124 Å². The summed E-state index contributed by atoms with van der Waals surface area (Å²) in [6.07, 6.45) is 3.66. The van der Waals surface area contributed by atoms with Crippen LogP contribution in [-0.2, 0) is 4.74 Å². The van der Waals surface area contributed by atoms with Crippen LogP contribution in [0.2, 0.25) is 0 Å². The van der Waals surface area contributed by atoms with Gasteiger partial charge >= 0.3 is 0 Å². The average molecular weight is 292 g/mol. The van der Waals surface area contributed by atoms with Crippen molar-refractivity contribution in [1.29, 1.82) is 0 Å². The number of anilines is 1. The quantitative estimate of drug-likeness (QED) is 0.889. The summed E-state index contributed by atoms with van der Waals surface area (Å²) in [4.78, 5) is 3.82. The van der Waals surface area contributed by atoms with Gasteiger partial charge in [-0.3, -0.25) is 0 Å². The minimum Gasteiger partial charge on any atom is -0.382 e. The Morgan fingerprint density at radius 3 is 2.76 bits per heavy atom. The minimum atomic E-state index is -0.344. The first-order chi connectivity index (χ1) is 9.91. The van der Waals surface area contributed by atoms with Crippen molar-refractivity contribution < 1.29 is 9.13 Å². The van der Waals surface area contributed by atoms with E-state index in [1.54, 1.807) is 13.2 Å². The molecular formula is C15H21FN4O. The molecular weight excluding hydrogens is 271 g/mol. The van der Waals surface area contributed by atoms with Crippen molar-refractivity contribution in [3.05, 3.63) is 36.7 Å². The summed E-state index contributed by atoms with van der Waals surface area (Å²) in [6.45, 7) is 6.10. The Morgan fingerprint density at radius 1 is 1.43 bits per heavy atom. The highest BCUT2D eigenvalue weighted by molar-refractivity contribution is 5.50. The maximum Gasteiger partial charge on any atom is 0.150 e. The topological polar surface area (TPSA) is 52.0 Å². The minimum absolute atomic E-state index is 0.163. The average Bonchev–Trinajstić information content (AvgIpc) is 2.92. The van der Waals surface area contributed by atoms with Crippen LogP contribution in [0.15, 0.2) is 30.9 Å². The number of methoxy groups -OCH3 is 1. The zero-order valence-electron chi connectivity index (χ0n) is 12.8. The molecule has 0 radical (unpaired) electrons. The van der Waals surface area contributed by atoms with E-state index in [4.69, 9.17) is 4.74 Å². The van der Waals surface area contributed by atoms with Crippen molar-refractivity contribution in [3.63, 3.8) is 0 Å². The molecule has 1 atom stereocenters. The summed E-state index contributed by atoms with van der Waals surface area (Å²) < 4.78 is 20.9. The predicted molar refractivity (Wildman–Crippen MR) is 80.1 cm³/mol. The lowest BCUT2D eigenvalue weighted by atomic mass is 9.99. The summed E-state index contributed by atoms with van der Waals surface area (Å²) in [6, 6.07) is 5.14. The van der Waals surface area contributed by atoms with Gasteiger partial charge in [0.2, 0.25) is 0 Å². The first kappa shape index (κ1) is 15.4. The number of rotatable bonds is 6. The van der Waals surface area contributed by atoms with E-state index in [0.717, 1.165) is 12.1 Å². The van der Waals surface area contributed by atoms with Crippen molar-refractivity contribution in [2.24, 2.45) is 0 Å². The van der Waals surface area contributed by atoms with E-state index in [-0.39, 0.29) is 17.5 Å². The number of nitrogens with zero attached hydrogens (tertiary/aromatic N) is 3. The van der Waals surface area contributed by atoms with Gasteiger partial charge in [-0.2, -0.15) is 5.10 Å². The van der Waals surface area contributed by atoms with Gasteiger partial charge in [0.05, 0.1) is 5.60 Å². The maximum absolute atomic E-state index is 14.1. The number of hydrogen-bond donors (Lipinski definition) is 1. The van der Waals surface area contributed by atoms with Crippen LogP contribution >= 0.6 is 0 Å². The smallest absolute Gasteiger partial charge is 0.150 e. The zero-order chi connectivity index (χ0) is 15.5. The fraction of sp³-hybridized carbons (Fsp3) is 0.467. The Kier molecular flexibility index (Phi) is 4.57. The molecule has 0 saturated heterocycles. The van der Waals surface area contributed by atoms with Crippen LogP contribution in [0.1, 0.15) is 27.2 Å². The van der Waals surface area contributed by atoms with Crippen LogP contribution in [0.4, 0.5) is 10.1 Å². The lowest BCUT2D eigenvalue weighted by molar-refractivity contribution is 0.0128. The largest absolute Gasteiger partial charge is 0.382 e. The third kappa shape index (κ3) is 4.01. The van der Waals surface area contributed by atoms with Gasteiger partial charge in [-0.1, -0.05) is 0 Å². The Hall–Kier alpha value is -1.95. The SMILES string of the molecule is COC(C)(C)CC(C)Nc1ccc(-n2cncn2)c(F)c1. The Balaban J connectivity index is 2.07. The van der Waals surface area contributed by atoms with Crippen molar-refractivity contribution in [2.75, 3.05) is 12.4 Å². The van der Waals surface area contributed by atoms with E-state index in [1.807, 2.05) is 26.8 Å². The summed E-state index contributed by atoms with van der Waals surface area (Å²) in [7, 11) is 1.69. The highest BCUT2D eigenvalue weighted by Gasteiger charge is 2.20. The molecule has 5 nitrogen and oxygen atoms in total. The third-order valence-corrected chi connectivity index (χ3v) is 3.38. The first-order valence-electron chi connectivity index (χ1n) is 6.87. The number of nitrogens with one attached hydrogen (secondary N) is 1. The summed E-state index contributed by atoms with van der Waals surface area (Å²) in [5.74, 6) is -0.344. The molecule has 114 valence electrons. The molecule has 0 spiro atoms. The maximum atomic E-state index is 14.1. The van der Waals surface area contributed by atoms with Crippen LogP contribution in [0.25, 0.3) is 5.69 Å². The van der Waals surface area contributed by atoms with Crippen molar-refractivity contribution in [2.45, 2.75) is 38.8 Å². The Morgan fingerprint density at radius 2 is 2.19 bits per heavy atom. The van der Waals surface area contributed by atoms with E-state index in [9.17, 15) is 4.39 Å². The normalized spacial score (nSPS) is 13.2. The van der Waals surface area contributed by atoms with E-state index < -0.39 is 0 Å². The highest BCUT2D eigenvalue weighted by atomic mass is 19.1. The van der Waals surface area contributed by atoms with Crippen LogP contribution < -0.4 is 5.32 Å². The first-order valence-corrected chi connectivity index (χ1v) is 6.87. The second-order valence-corrected chi connectivity index (χ2v) is 5.72. The Bertz CT molecular complexity index is 583. The van der Waals surface area contributed by atoms with Gasteiger partial charge in [0, 0.05) is 18.8 Å². The molecule has 0 aliphatic heterocycles. The molecule has 21 heavy (non-hydrogen) atoms. The lowest BCUT2D eigenvalue weighted by Crippen LogP contribution is -2.31. The zero-order valence-corrected chi connectivity index (χ0v) is 12.8. The number of halogens is 1. The van der Waals surface area contributed by atoms with Gasteiger partial charge < -0.3 is 10.1 Å². The second kappa shape index (κ2) is 6.22. The summed E-state index contributed by atoms with van der Waals surface area (Å²) in [5.41, 5.74) is 0.893. The molecule has 1 N–H and O–H groups in total. The van der Waals surface area contributed by atoms with Crippen LogP contribution in [0.3, 0.4) is 0 Å². The van der Waals surface area contributed by atoms with Crippen molar-refractivity contribution in [1.82, 2.24) is 14.8 Å². The summed E-state index contributed by atoms with van der Waals surface area (Å²) >= 11 is 0. The molecule has 2 aromatic rings. The third-order valence-electron chi connectivity index (χ3n) is 3.38. The lowest BCUT2D eigenvalue weighted by Gasteiger charge is -2.27. The molecule has 0 amide bonds. The second-order valence-electron chi connectivity index (χ2n) is 5.72. The summed E-state index contributed by atoms with van der Waals surface area (Å²) in [5, 5.41) is 7.21. The van der Waals surface area contributed by atoms with E-state index >= 15 is 0 Å². The van der Waals surface area contributed by atoms with Crippen LogP contribution in [0.5, 0.6) is 0 Å². The van der Waals surface area contributed by atoms with Crippen LogP contribution in [-0.4, -0.2) is 33.5 Å². The molecule has 0 saturated carbocycles. The van der Waals surface area contributed by atoms with Gasteiger partial charge in [-0.25, -0.2) is 14.1 Å². The number of ether oxygens (including phenoxy) is 1. The molecule has 1 aromatic carbocycles. The highest BCUT2D eigenvalue weighted by Crippen LogP contribution is 2.21. The van der Waals surface area contributed by atoms with E-state index in [0.29, 0.717) is 5.69 Å². The van der Waals surface area contributed by atoms with Crippen molar-refractivity contribution in [3.8, 4) is 5.69 Å². The van der Waals surface area contributed by atoms with Gasteiger partial charge in [0.15, 0.2) is 5.82 Å². The van der Waals surface area contributed by atoms with Crippen LogP contribution in [0, 0.1) is 5.82 Å². The van der Waals surface area contributed by atoms with Gasteiger partial charge in [0.25, 0.3) is 0 Å². The number of benzene rings is 1. The number of aromatic nitrogens is 3. The van der Waals surface area contributed by atoms with E-state index in [1.165, 1.54) is 23.4 Å². The molecule has 1 unspecified atom stereocenters. The predicted octanol–water partition coefficient (Wildman–Crippen LogP) is 3.02. The fourth-order valence-corrected chi connectivity index (χ4v) is 2.27. The molecule has 1 heterocycles. The van der Waals surface area contributed by atoms with Gasteiger partial charge in [-0.05, 0) is 45.4 Å². The van der Waals surface area contributed by atoms with Gasteiger partial charge in [0.1, 0.15) is 18.3 Å². The van der Waals surface area contributed by atoms with Crippen molar-refractivity contribution >= 4 is 5.69 Å². The standard InChI is InChI=1S/C15H21FN4O/c1-11(8-15(2,3)21-4)19-12-5-6-14(13(16)7-12)20-10-17-9-18-20/h5-7,9-11,19H,8H2,1-4H3. The molecule has 1 aromatic heterocycles. The molecule has 0 fully saturated rings. The molecule has 2 rings (SSSR count). The molecule has 0 aliphatic rings.